The number of ether oxygens (including phenoxy) is 1. The van der Waals surface area contributed by atoms with Crippen LogP contribution in [0.25, 0.3) is 0 Å². The zero-order valence-electron chi connectivity index (χ0n) is 13.7. The molecular formula is C20H23NO3. The van der Waals surface area contributed by atoms with Crippen molar-refractivity contribution in [3.05, 3.63) is 71.3 Å². The number of aliphatic hydroxyl groups is 1. The van der Waals surface area contributed by atoms with Crippen molar-refractivity contribution in [2.45, 2.75) is 25.6 Å². The molecule has 126 valence electrons. The number of aliphatic hydroxyl groups excluding tert-OH is 1. The van der Waals surface area contributed by atoms with Gasteiger partial charge in [-0.3, -0.25) is 9.69 Å². The van der Waals surface area contributed by atoms with Crippen LogP contribution < -0.4 is 0 Å². The predicted molar refractivity (Wildman–Crippen MR) is 92.8 cm³/mol. The number of rotatable bonds is 6. The van der Waals surface area contributed by atoms with E-state index in [9.17, 15) is 4.79 Å². The minimum Gasteiger partial charge on any atom is -0.392 e. The molecule has 24 heavy (non-hydrogen) atoms. The van der Waals surface area contributed by atoms with E-state index in [1.807, 2.05) is 54.6 Å². The smallest absolute Gasteiger partial charge is 0.164 e. The molecule has 2 aromatic carbocycles. The monoisotopic (exact) mass is 325 g/mol. The van der Waals surface area contributed by atoms with Crippen molar-refractivity contribution in [3.63, 3.8) is 0 Å². The van der Waals surface area contributed by atoms with Gasteiger partial charge < -0.3 is 9.84 Å². The van der Waals surface area contributed by atoms with Crippen molar-refractivity contribution in [2.75, 3.05) is 19.8 Å². The van der Waals surface area contributed by atoms with E-state index < -0.39 is 0 Å². The summed E-state index contributed by atoms with van der Waals surface area (Å²) >= 11 is 0. The summed E-state index contributed by atoms with van der Waals surface area (Å²) in [4.78, 5) is 14.8. The zero-order chi connectivity index (χ0) is 16.8. The van der Waals surface area contributed by atoms with Crippen LogP contribution in [0.1, 0.15) is 27.9 Å². The van der Waals surface area contributed by atoms with Gasteiger partial charge in [-0.05, 0) is 11.1 Å². The van der Waals surface area contributed by atoms with Gasteiger partial charge in [0.25, 0.3) is 0 Å². The molecule has 1 saturated heterocycles. The number of nitrogens with zero attached hydrogens (tertiary/aromatic N) is 1. The average molecular weight is 325 g/mol. The summed E-state index contributed by atoms with van der Waals surface area (Å²) in [5.41, 5.74) is 2.86. The lowest BCUT2D eigenvalue weighted by atomic mass is 10.0. The molecule has 1 aliphatic rings. The quantitative estimate of drug-likeness (QED) is 0.830. The van der Waals surface area contributed by atoms with Crippen molar-refractivity contribution in [2.24, 2.45) is 0 Å². The standard InChI is InChI=1S/C20H23NO3/c22-14-17-8-6-16(7-9-17)13-21-10-11-24-15-19(21)12-20(23)18-4-2-1-3-5-18/h1-9,19,22H,10-15H2/t19-/m0/s1. The fraction of sp³-hybridized carbons (Fsp3) is 0.350. The van der Waals surface area contributed by atoms with Gasteiger partial charge >= 0.3 is 0 Å². The van der Waals surface area contributed by atoms with E-state index in [0.717, 1.165) is 24.2 Å². The predicted octanol–water partition coefficient (Wildman–Crippen LogP) is 2.65. The van der Waals surface area contributed by atoms with Gasteiger partial charge in [0, 0.05) is 31.1 Å². The molecule has 4 nitrogen and oxygen atoms in total. The molecule has 0 radical (unpaired) electrons. The Morgan fingerprint density at radius 1 is 1.08 bits per heavy atom. The van der Waals surface area contributed by atoms with Gasteiger partial charge in [0.2, 0.25) is 0 Å². The van der Waals surface area contributed by atoms with Gasteiger partial charge in [0.05, 0.1) is 19.8 Å². The van der Waals surface area contributed by atoms with Crippen LogP contribution in [-0.4, -0.2) is 41.6 Å². The number of carbonyl (C=O) groups is 1. The number of ketones is 1. The number of hydrogen-bond donors (Lipinski definition) is 1. The minimum absolute atomic E-state index is 0.0615. The molecule has 0 bridgehead atoms. The molecule has 0 amide bonds. The SMILES string of the molecule is O=C(C[C@H]1COCCN1Cc1ccc(CO)cc1)c1ccccc1. The first-order valence-electron chi connectivity index (χ1n) is 8.35. The topological polar surface area (TPSA) is 49.8 Å². The van der Waals surface area contributed by atoms with Crippen molar-refractivity contribution in [1.29, 1.82) is 0 Å². The van der Waals surface area contributed by atoms with Gasteiger partial charge in [-0.2, -0.15) is 0 Å². The summed E-state index contributed by atoms with van der Waals surface area (Å²) in [6, 6.07) is 17.5. The van der Waals surface area contributed by atoms with Crippen LogP contribution >= 0.6 is 0 Å². The highest BCUT2D eigenvalue weighted by Gasteiger charge is 2.25. The highest BCUT2D eigenvalue weighted by atomic mass is 16.5. The van der Waals surface area contributed by atoms with Crippen molar-refractivity contribution >= 4 is 5.78 Å². The van der Waals surface area contributed by atoms with Crippen LogP contribution in [0.2, 0.25) is 0 Å². The second kappa shape index (κ2) is 8.20. The molecule has 1 fully saturated rings. The maximum absolute atomic E-state index is 12.5. The lowest BCUT2D eigenvalue weighted by Crippen LogP contribution is -2.45. The summed E-state index contributed by atoms with van der Waals surface area (Å²) in [6.45, 7) is 2.97. The fourth-order valence-electron chi connectivity index (χ4n) is 3.03. The van der Waals surface area contributed by atoms with E-state index in [1.54, 1.807) is 0 Å². The lowest BCUT2D eigenvalue weighted by Gasteiger charge is -2.35. The maximum atomic E-state index is 12.5. The molecule has 1 aliphatic heterocycles. The number of benzene rings is 2. The van der Waals surface area contributed by atoms with E-state index >= 15 is 0 Å². The highest BCUT2D eigenvalue weighted by Crippen LogP contribution is 2.18. The average Bonchev–Trinajstić information content (AvgIpc) is 2.64. The number of morpholine rings is 1. The summed E-state index contributed by atoms with van der Waals surface area (Å²) in [5, 5.41) is 9.13. The van der Waals surface area contributed by atoms with Crippen LogP contribution in [0.5, 0.6) is 0 Å². The zero-order valence-corrected chi connectivity index (χ0v) is 13.7. The first-order chi connectivity index (χ1) is 11.8. The first-order valence-corrected chi connectivity index (χ1v) is 8.35. The molecule has 1 N–H and O–H groups in total. The Kier molecular flexibility index (Phi) is 5.75. The molecular weight excluding hydrogens is 302 g/mol. The van der Waals surface area contributed by atoms with Crippen LogP contribution in [0.15, 0.2) is 54.6 Å². The Balaban J connectivity index is 1.65. The second-order valence-electron chi connectivity index (χ2n) is 6.17. The summed E-state index contributed by atoms with van der Waals surface area (Å²) in [5.74, 6) is 0.159. The molecule has 2 aromatic rings. The molecule has 0 aromatic heterocycles. The van der Waals surface area contributed by atoms with Gasteiger partial charge in [0.1, 0.15) is 0 Å². The van der Waals surface area contributed by atoms with Crippen molar-refractivity contribution < 1.29 is 14.6 Å². The number of hydrogen-bond acceptors (Lipinski definition) is 4. The third kappa shape index (κ3) is 4.29. The van der Waals surface area contributed by atoms with E-state index in [2.05, 4.69) is 4.90 Å². The molecule has 0 aliphatic carbocycles. The minimum atomic E-state index is 0.0615. The van der Waals surface area contributed by atoms with Crippen LogP contribution in [-0.2, 0) is 17.9 Å². The molecule has 3 rings (SSSR count). The molecule has 0 unspecified atom stereocenters. The number of Topliss-reactive ketones (excluding diaryl/α,β-unsaturated/α-hetero) is 1. The molecule has 1 atom stereocenters. The van der Waals surface area contributed by atoms with E-state index in [4.69, 9.17) is 9.84 Å². The first kappa shape index (κ1) is 16.8. The van der Waals surface area contributed by atoms with Crippen molar-refractivity contribution in [1.82, 2.24) is 4.90 Å². The largest absolute Gasteiger partial charge is 0.392 e. The van der Waals surface area contributed by atoms with Crippen LogP contribution in [0.3, 0.4) is 0 Å². The summed E-state index contributed by atoms with van der Waals surface area (Å²) < 4.78 is 5.60. The van der Waals surface area contributed by atoms with E-state index in [1.165, 1.54) is 5.56 Å². The van der Waals surface area contributed by atoms with Crippen molar-refractivity contribution in [3.8, 4) is 0 Å². The maximum Gasteiger partial charge on any atom is 0.164 e. The van der Waals surface area contributed by atoms with Gasteiger partial charge in [0.15, 0.2) is 5.78 Å². The van der Waals surface area contributed by atoms with E-state index in [-0.39, 0.29) is 18.4 Å². The van der Waals surface area contributed by atoms with Gasteiger partial charge in [-0.1, -0.05) is 54.6 Å². The normalized spacial score (nSPS) is 18.5. The fourth-order valence-corrected chi connectivity index (χ4v) is 3.03. The second-order valence-corrected chi connectivity index (χ2v) is 6.17. The summed E-state index contributed by atoms with van der Waals surface area (Å²) in [6.07, 6.45) is 0.471. The third-order valence-electron chi connectivity index (χ3n) is 4.46. The third-order valence-corrected chi connectivity index (χ3v) is 4.46. The Hall–Kier alpha value is -2.01. The molecule has 1 heterocycles. The Morgan fingerprint density at radius 2 is 1.79 bits per heavy atom. The lowest BCUT2D eigenvalue weighted by molar-refractivity contribution is -0.0126. The Morgan fingerprint density at radius 3 is 2.50 bits per heavy atom. The van der Waals surface area contributed by atoms with Crippen LogP contribution in [0.4, 0.5) is 0 Å². The van der Waals surface area contributed by atoms with Crippen LogP contribution in [0, 0.1) is 0 Å². The number of carbonyl (C=O) groups excluding carboxylic acids is 1. The van der Waals surface area contributed by atoms with Gasteiger partial charge in [-0.15, -0.1) is 0 Å². The highest BCUT2D eigenvalue weighted by molar-refractivity contribution is 5.96. The Bertz CT molecular complexity index is 654. The molecule has 0 saturated carbocycles. The Labute approximate surface area is 142 Å². The molecule has 4 heteroatoms. The van der Waals surface area contributed by atoms with E-state index in [0.29, 0.717) is 19.6 Å². The van der Waals surface area contributed by atoms with Gasteiger partial charge in [-0.25, -0.2) is 0 Å². The molecule has 0 spiro atoms. The summed E-state index contributed by atoms with van der Waals surface area (Å²) in [7, 11) is 0.